The lowest BCUT2D eigenvalue weighted by molar-refractivity contribution is -0.796. The zero-order valence-electron chi connectivity index (χ0n) is 20.1. The molecule has 2 amide bonds. The van der Waals surface area contributed by atoms with Crippen LogP contribution in [-0.4, -0.2) is 41.0 Å². The first-order chi connectivity index (χ1) is 17.5. The number of imide groups is 1. The normalized spacial score (nSPS) is 22.8. The number of ether oxygens (including phenoxy) is 1. The topological polar surface area (TPSA) is 63.6 Å². The molecule has 4 aromatic carbocycles. The van der Waals surface area contributed by atoms with E-state index in [1.54, 1.807) is 0 Å². The molecule has 1 saturated heterocycles. The van der Waals surface area contributed by atoms with Crippen molar-refractivity contribution in [2.75, 3.05) is 13.2 Å². The van der Waals surface area contributed by atoms with Gasteiger partial charge in [0.15, 0.2) is 0 Å². The van der Waals surface area contributed by atoms with Crippen molar-refractivity contribution >= 4 is 23.0 Å². The molecule has 6 rings (SSSR count). The summed E-state index contributed by atoms with van der Waals surface area (Å²) in [5, 5.41) is 12.6. The van der Waals surface area contributed by atoms with Crippen molar-refractivity contribution in [1.29, 1.82) is 0 Å². The van der Waals surface area contributed by atoms with Crippen molar-refractivity contribution in [3.8, 4) is 11.1 Å². The molecule has 0 radical (unpaired) electrons. The largest absolute Gasteiger partial charge is 0.526 e. The number of carbonyl (C=O) groups is 2. The van der Waals surface area contributed by atoms with E-state index < -0.39 is 22.7 Å². The Morgan fingerprint density at radius 2 is 1.47 bits per heavy atom. The van der Waals surface area contributed by atoms with Crippen LogP contribution in [-0.2, 0) is 4.74 Å². The van der Waals surface area contributed by atoms with Gasteiger partial charge in [-0.25, -0.2) is 0 Å². The molecule has 1 N–H and O–H groups in total. The fraction of sp³-hybridized carbons (Fsp3) is 0.226. The van der Waals surface area contributed by atoms with E-state index in [-0.39, 0.29) is 25.0 Å². The summed E-state index contributed by atoms with van der Waals surface area (Å²) >= 11 is 0. The Kier molecular flexibility index (Phi) is 5.38. The summed E-state index contributed by atoms with van der Waals surface area (Å²) in [5.41, 5.74) is 5.56. The van der Waals surface area contributed by atoms with Gasteiger partial charge in [0, 0.05) is 18.3 Å². The highest BCUT2D eigenvalue weighted by atomic mass is 16.6. The third kappa shape index (κ3) is 3.34. The highest BCUT2D eigenvalue weighted by Gasteiger charge is 2.59. The number of fused-ring (bicyclic) bond motifs is 4. The minimum absolute atomic E-state index is 0.0498. The number of nitrogens with zero attached hydrogens (tertiary/aromatic N) is 1. The van der Waals surface area contributed by atoms with E-state index in [0.717, 1.165) is 38.6 Å². The van der Waals surface area contributed by atoms with Crippen LogP contribution < -0.4 is 0 Å². The monoisotopic (exact) mass is 478 g/mol. The highest BCUT2D eigenvalue weighted by Crippen LogP contribution is 2.45. The minimum atomic E-state index is -1.15. The fourth-order valence-corrected chi connectivity index (χ4v) is 6.29. The maximum atomic E-state index is 13.6. The zero-order chi connectivity index (χ0) is 24.9. The molecule has 0 saturated carbocycles. The summed E-state index contributed by atoms with van der Waals surface area (Å²) in [6, 6.07) is 30.2. The van der Waals surface area contributed by atoms with E-state index in [1.807, 2.05) is 43.3 Å². The number of quaternary nitrogens is 1. The molecule has 36 heavy (non-hydrogen) atoms. The van der Waals surface area contributed by atoms with Crippen LogP contribution in [0.4, 0.5) is 9.59 Å². The number of carbonyl (C=O) groups excluding carboxylic acids is 1. The SMILES string of the molecule is C[C@@H]1[C@H](c2ccc3ccccc3c2)CC[N@+]1(C(=O)O)C(=O)OCC1c2ccccc2-c2ccccc21. The molecule has 2 aliphatic rings. The second-order valence-corrected chi connectivity index (χ2v) is 9.92. The Labute approximate surface area is 210 Å². The number of carboxylic acid groups (broad SMARTS) is 1. The fourth-order valence-electron chi connectivity index (χ4n) is 6.29. The van der Waals surface area contributed by atoms with Crippen molar-refractivity contribution in [2.24, 2.45) is 0 Å². The van der Waals surface area contributed by atoms with Gasteiger partial charge in [0.05, 0.1) is 0 Å². The Balaban J connectivity index is 1.27. The van der Waals surface area contributed by atoms with Crippen molar-refractivity contribution in [2.45, 2.75) is 31.2 Å². The van der Waals surface area contributed by atoms with Gasteiger partial charge in [-0.1, -0.05) is 91.0 Å². The van der Waals surface area contributed by atoms with E-state index in [9.17, 15) is 14.7 Å². The van der Waals surface area contributed by atoms with Crippen LogP contribution in [0.2, 0.25) is 0 Å². The summed E-state index contributed by atoms with van der Waals surface area (Å²) in [5.74, 6) is -0.157. The van der Waals surface area contributed by atoms with E-state index >= 15 is 0 Å². The summed E-state index contributed by atoms with van der Waals surface area (Å²) in [4.78, 5) is 26.2. The van der Waals surface area contributed by atoms with E-state index in [1.165, 1.54) is 0 Å². The van der Waals surface area contributed by atoms with Crippen molar-refractivity contribution in [1.82, 2.24) is 0 Å². The lowest BCUT2D eigenvalue weighted by Crippen LogP contribution is -2.59. The number of hydrogen-bond donors (Lipinski definition) is 1. The van der Waals surface area contributed by atoms with Gasteiger partial charge in [0.1, 0.15) is 19.2 Å². The van der Waals surface area contributed by atoms with Crippen LogP contribution in [0.5, 0.6) is 0 Å². The molecule has 0 unspecified atom stereocenters. The predicted octanol–water partition coefficient (Wildman–Crippen LogP) is 7.16. The van der Waals surface area contributed by atoms with Gasteiger partial charge in [0.25, 0.3) is 0 Å². The van der Waals surface area contributed by atoms with Crippen molar-refractivity contribution < 1.29 is 23.9 Å². The van der Waals surface area contributed by atoms with Gasteiger partial charge in [0.2, 0.25) is 0 Å². The molecule has 0 aromatic heterocycles. The predicted molar refractivity (Wildman–Crippen MR) is 139 cm³/mol. The second kappa shape index (κ2) is 8.61. The Hall–Kier alpha value is -3.96. The van der Waals surface area contributed by atoms with Gasteiger partial charge in [-0.15, -0.1) is 4.48 Å². The Bertz CT molecular complexity index is 1450. The van der Waals surface area contributed by atoms with E-state index in [2.05, 4.69) is 54.6 Å². The van der Waals surface area contributed by atoms with Crippen LogP contribution in [0.1, 0.15) is 41.9 Å². The molecule has 3 atom stereocenters. The molecule has 1 heterocycles. The van der Waals surface area contributed by atoms with Gasteiger partial charge in [-0.2, -0.15) is 9.59 Å². The summed E-state index contributed by atoms with van der Waals surface area (Å²) in [7, 11) is 0. The van der Waals surface area contributed by atoms with Crippen LogP contribution in [0, 0.1) is 0 Å². The molecule has 5 heteroatoms. The number of rotatable bonds is 3. The third-order valence-corrected chi connectivity index (χ3v) is 8.28. The lowest BCUT2D eigenvalue weighted by Gasteiger charge is -2.30. The molecule has 1 aliphatic heterocycles. The van der Waals surface area contributed by atoms with Gasteiger partial charge >= 0.3 is 12.2 Å². The minimum Gasteiger partial charge on any atom is -0.435 e. The average molecular weight is 479 g/mol. The highest BCUT2D eigenvalue weighted by molar-refractivity contribution is 5.83. The van der Waals surface area contributed by atoms with Crippen molar-refractivity contribution in [3.05, 3.63) is 108 Å². The van der Waals surface area contributed by atoms with Crippen LogP contribution in [0.25, 0.3) is 21.9 Å². The molecular formula is C31H28NO4+. The number of benzene rings is 4. The first-order valence-corrected chi connectivity index (χ1v) is 12.5. The van der Waals surface area contributed by atoms with E-state index in [4.69, 9.17) is 4.74 Å². The van der Waals surface area contributed by atoms with Crippen LogP contribution in [0.3, 0.4) is 0 Å². The quantitative estimate of drug-likeness (QED) is 0.317. The summed E-state index contributed by atoms with van der Waals surface area (Å²) < 4.78 is 5.16. The maximum Gasteiger partial charge on any atom is 0.526 e. The Morgan fingerprint density at radius 1 is 0.861 bits per heavy atom. The third-order valence-electron chi connectivity index (χ3n) is 8.28. The molecule has 0 bridgehead atoms. The average Bonchev–Trinajstić information content (AvgIpc) is 3.42. The molecule has 1 fully saturated rings. The van der Waals surface area contributed by atoms with E-state index in [0.29, 0.717) is 6.42 Å². The lowest BCUT2D eigenvalue weighted by atomic mass is 9.90. The first-order valence-electron chi connectivity index (χ1n) is 12.5. The van der Waals surface area contributed by atoms with Crippen LogP contribution in [0.15, 0.2) is 91.0 Å². The molecule has 180 valence electrons. The van der Waals surface area contributed by atoms with Gasteiger partial charge < -0.3 is 9.84 Å². The molecular weight excluding hydrogens is 450 g/mol. The maximum absolute atomic E-state index is 13.6. The van der Waals surface area contributed by atoms with Crippen LogP contribution >= 0.6 is 0 Å². The second-order valence-electron chi connectivity index (χ2n) is 9.92. The van der Waals surface area contributed by atoms with Gasteiger partial charge in [-0.3, -0.25) is 0 Å². The summed E-state index contributed by atoms with van der Waals surface area (Å²) in [6.07, 6.45) is -1.22. The molecule has 5 nitrogen and oxygen atoms in total. The summed E-state index contributed by atoms with van der Waals surface area (Å²) in [6.45, 7) is 2.20. The Morgan fingerprint density at radius 3 is 2.14 bits per heavy atom. The molecule has 4 aromatic rings. The molecule has 1 aliphatic carbocycles. The van der Waals surface area contributed by atoms with Crippen molar-refractivity contribution in [3.63, 3.8) is 0 Å². The smallest absolute Gasteiger partial charge is 0.435 e. The first kappa shape index (κ1) is 22.5. The zero-order valence-corrected chi connectivity index (χ0v) is 20.1. The molecule has 0 spiro atoms. The number of likely N-dealkylation sites (tertiary alicyclic amines) is 1. The standard InChI is InChI=1S/C31H27NO4/c1-20-24(23-15-14-21-8-2-3-9-22(21)18-23)16-17-32(20,30(33)34)31(35)36-19-29-27-12-6-4-10-25(27)26-11-5-7-13-28(26)29/h2-15,18,20,24,29H,16-17,19H2,1H3/p+1/t20-,24-,32+/m1/s1. The number of hydrogen-bond acceptors (Lipinski definition) is 3. The number of amides is 2. The van der Waals surface area contributed by atoms with Gasteiger partial charge in [-0.05, 0) is 45.5 Å².